The molecule has 1 heterocycles. The van der Waals surface area contributed by atoms with Gasteiger partial charge in [0, 0.05) is 24.8 Å². The molecule has 1 unspecified atom stereocenters. The first-order valence-corrected chi connectivity index (χ1v) is 8.77. The molecule has 1 atom stereocenters. The third-order valence-electron chi connectivity index (χ3n) is 4.65. The molecule has 4 nitrogen and oxygen atoms in total. The van der Waals surface area contributed by atoms with E-state index in [0.29, 0.717) is 25.2 Å². The van der Waals surface area contributed by atoms with Crippen LogP contribution in [-0.2, 0) is 4.74 Å². The number of hydrogen-bond donors (Lipinski definition) is 2. The molecule has 7 heteroatoms. The first-order chi connectivity index (χ1) is 11.2. The van der Waals surface area contributed by atoms with Gasteiger partial charge in [-0.1, -0.05) is 12.5 Å². The Hall–Kier alpha value is -0.790. The van der Waals surface area contributed by atoms with Crippen LogP contribution in [0.3, 0.4) is 0 Å². The third-order valence-corrected chi connectivity index (χ3v) is 4.65. The average Bonchev–Trinajstić information content (AvgIpc) is 2.52. The Labute approximate surface area is 143 Å². The normalized spacial score (nSPS) is 18.5. The van der Waals surface area contributed by atoms with Crippen molar-refractivity contribution in [2.24, 2.45) is 11.8 Å². The van der Waals surface area contributed by atoms with Gasteiger partial charge in [-0.15, -0.1) is 0 Å². The first-order valence-electron chi connectivity index (χ1n) is 8.77. The fraction of sp³-hybridized carbons (Fsp3) is 0.882. The maximum atomic E-state index is 12.3. The SMILES string of the molecule is CCOCNNC(=C(C)C)C(C)C1CCN(CCC(F)(F)F)CC1. The van der Waals surface area contributed by atoms with E-state index in [0.717, 1.165) is 31.6 Å². The Kier molecular flexibility index (Phi) is 9.08. The van der Waals surface area contributed by atoms with Gasteiger partial charge < -0.3 is 15.1 Å². The quantitative estimate of drug-likeness (QED) is 0.378. The molecule has 24 heavy (non-hydrogen) atoms. The number of ether oxygens (including phenoxy) is 1. The summed E-state index contributed by atoms with van der Waals surface area (Å²) in [5.74, 6) is 0.826. The number of halogens is 3. The van der Waals surface area contributed by atoms with Gasteiger partial charge in [0.1, 0.15) is 6.73 Å². The Morgan fingerprint density at radius 1 is 1.25 bits per heavy atom. The van der Waals surface area contributed by atoms with E-state index in [9.17, 15) is 13.2 Å². The van der Waals surface area contributed by atoms with Crippen molar-refractivity contribution in [1.82, 2.24) is 15.8 Å². The summed E-state index contributed by atoms with van der Waals surface area (Å²) in [5.41, 5.74) is 8.69. The van der Waals surface area contributed by atoms with Gasteiger partial charge in [0.25, 0.3) is 0 Å². The van der Waals surface area contributed by atoms with Crippen molar-refractivity contribution >= 4 is 0 Å². The van der Waals surface area contributed by atoms with Crippen molar-refractivity contribution in [2.75, 3.05) is 33.0 Å². The molecule has 0 amide bonds. The minimum atomic E-state index is -4.06. The van der Waals surface area contributed by atoms with Crippen molar-refractivity contribution < 1.29 is 17.9 Å². The zero-order valence-corrected chi connectivity index (χ0v) is 15.3. The number of alkyl halides is 3. The van der Waals surface area contributed by atoms with Gasteiger partial charge in [0.05, 0.1) is 6.42 Å². The topological polar surface area (TPSA) is 36.5 Å². The lowest BCUT2D eigenvalue weighted by Crippen LogP contribution is -2.41. The minimum Gasteiger partial charge on any atom is -0.365 e. The summed E-state index contributed by atoms with van der Waals surface area (Å²) in [6, 6.07) is 0. The average molecular weight is 351 g/mol. The first kappa shape index (κ1) is 21.3. The number of nitrogens with zero attached hydrogens (tertiary/aromatic N) is 1. The Morgan fingerprint density at radius 2 is 1.88 bits per heavy atom. The molecule has 2 N–H and O–H groups in total. The molecular weight excluding hydrogens is 319 g/mol. The molecular formula is C17H32F3N3O. The van der Waals surface area contributed by atoms with E-state index in [1.807, 2.05) is 11.8 Å². The lowest BCUT2D eigenvalue weighted by atomic mass is 9.82. The molecule has 0 radical (unpaired) electrons. The van der Waals surface area contributed by atoms with Crippen LogP contribution in [0.25, 0.3) is 0 Å². The number of hydrogen-bond acceptors (Lipinski definition) is 4. The van der Waals surface area contributed by atoms with Gasteiger partial charge in [0.15, 0.2) is 0 Å². The Morgan fingerprint density at radius 3 is 2.38 bits per heavy atom. The van der Waals surface area contributed by atoms with Crippen molar-refractivity contribution in [2.45, 2.75) is 53.1 Å². The van der Waals surface area contributed by atoms with Crippen molar-refractivity contribution in [1.29, 1.82) is 0 Å². The summed E-state index contributed by atoms with van der Waals surface area (Å²) in [6.07, 6.45) is -2.91. The van der Waals surface area contributed by atoms with Crippen molar-refractivity contribution in [3.05, 3.63) is 11.3 Å². The summed E-state index contributed by atoms with van der Waals surface area (Å²) >= 11 is 0. The highest BCUT2D eigenvalue weighted by Crippen LogP contribution is 2.30. The van der Waals surface area contributed by atoms with Gasteiger partial charge in [-0.05, 0) is 52.6 Å². The smallest absolute Gasteiger partial charge is 0.365 e. The predicted octanol–water partition coefficient (Wildman–Crippen LogP) is 3.67. The van der Waals surface area contributed by atoms with Gasteiger partial charge in [-0.3, -0.25) is 0 Å². The lowest BCUT2D eigenvalue weighted by molar-refractivity contribution is -0.138. The highest BCUT2D eigenvalue weighted by Gasteiger charge is 2.30. The van der Waals surface area contributed by atoms with Crippen LogP contribution in [-0.4, -0.2) is 44.0 Å². The van der Waals surface area contributed by atoms with Crippen LogP contribution in [0.15, 0.2) is 11.3 Å². The summed E-state index contributed by atoms with van der Waals surface area (Å²) in [5, 5.41) is 0. The van der Waals surface area contributed by atoms with E-state index in [-0.39, 0.29) is 6.54 Å². The van der Waals surface area contributed by atoms with Gasteiger partial charge >= 0.3 is 6.18 Å². The summed E-state index contributed by atoms with van der Waals surface area (Å²) in [7, 11) is 0. The van der Waals surface area contributed by atoms with Gasteiger partial charge in [0.2, 0.25) is 0 Å². The van der Waals surface area contributed by atoms with Crippen LogP contribution < -0.4 is 10.9 Å². The zero-order valence-electron chi connectivity index (χ0n) is 15.3. The van der Waals surface area contributed by atoms with Crippen LogP contribution in [0.4, 0.5) is 13.2 Å². The van der Waals surface area contributed by atoms with Crippen LogP contribution >= 0.6 is 0 Å². The fourth-order valence-corrected chi connectivity index (χ4v) is 3.18. The van der Waals surface area contributed by atoms with E-state index >= 15 is 0 Å². The fourth-order valence-electron chi connectivity index (χ4n) is 3.18. The summed E-state index contributed by atoms with van der Waals surface area (Å²) in [4.78, 5) is 1.93. The second-order valence-corrected chi connectivity index (χ2v) is 6.69. The van der Waals surface area contributed by atoms with E-state index in [4.69, 9.17) is 4.74 Å². The molecule has 0 saturated carbocycles. The number of rotatable bonds is 9. The number of nitrogens with one attached hydrogen (secondary N) is 2. The molecule has 1 aliphatic rings. The second kappa shape index (κ2) is 10.3. The van der Waals surface area contributed by atoms with Crippen molar-refractivity contribution in [3.8, 4) is 0 Å². The third kappa shape index (κ3) is 7.85. The number of piperidine rings is 1. The molecule has 1 saturated heterocycles. The second-order valence-electron chi connectivity index (χ2n) is 6.69. The van der Waals surface area contributed by atoms with Gasteiger partial charge in [-0.2, -0.15) is 13.2 Å². The van der Waals surface area contributed by atoms with Crippen LogP contribution in [0, 0.1) is 11.8 Å². The van der Waals surface area contributed by atoms with Crippen molar-refractivity contribution in [3.63, 3.8) is 0 Å². The highest BCUT2D eigenvalue weighted by atomic mass is 19.4. The largest absolute Gasteiger partial charge is 0.390 e. The maximum absolute atomic E-state index is 12.3. The molecule has 0 bridgehead atoms. The lowest BCUT2D eigenvalue weighted by Gasteiger charge is -2.36. The monoisotopic (exact) mass is 351 g/mol. The maximum Gasteiger partial charge on any atom is 0.390 e. The van der Waals surface area contributed by atoms with E-state index < -0.39 is 12.6 Å². The van der Waals surface area contributed by atoms with E-state index in [1.54, 1.807) is 0 Å². The molecule has 0 aromatic rings. The summed E-state index contributed by atoms with van der Waals surface area (Å²) < 4.78 is 42.2. The Bertz CT molecular complexity index is 387. The van der Waals surface area contributed by atoms with Crippen LogP contribution in [0.1, 0.15) is 47.0 Å². The molecule has 0 aromatic carbocycles. The molecule has 142 valence electrons. The molecule has 0 aromatic heterocycles. The zero-order chi connectivity index (χ0) is 18.2. The molecule has 0 spiro atoms. The van der Waals surface area contributed by atoms with Gasteiger partial charge in [-0.25, -0.2) is 5.43 Å². The van der Waals surface area contributed by atoms with E-state index in [1.165, 1.54) is 5.57 Å². The summed E-state index contributed by atoms with van der Waals surface area (Å²) in [6.45, 7) is 11.0. The standard InChI is InChI=1S/C17H32F3N3O/c1-5-24-12-21-22-16(13(2)3)14(4)15-6-9-23(10-7-15)11-8-17(18,19)20/h14-15,21-22H,5-12H2,1-4H3. The number of hydrazine groups is 1. The molecule has 1 fully saturated rings. The highest BCUT2D eigenvalue weighted by molar-refractivity contribution is 5.11. The predicted molar refractivity (Wildman–Crippen MR) is 90.1 cm³/mol. The van der Waals surface area contributed by atoms with E-state index in [2.05, 4.69) is 31.6 Å². The molecule has 1 aliphatic heterocycles. The molecule has 0 aliphatic carbocycles. The number of likely N-dealkylation sites (tertiary alicyclic amines) is 1. The Balaban J connectivity index is 2.44. The number of allylic oxidation sites excluding steroid dienone is 2. The van der Waals surface area contributed by atoms with Crippen LogP contribution in [0.5, 0.6) is 0 Å². The molecule has 1 rings (SSSR count). The van der Waals surface area contributed by atoms with Crippen LogP contribution in [0.2, 0.25) is 0 Å². The minimum absolute atomic E-state index is 0.119.